The van der Waals surface area contributed by atoms with Crippen LogP contribution in [-0.4, -0.2) is 23.3 Å². The third-order valence-corrected chi connectivity index (χ3v) is 3.64. The number of nitrogen functional groups attached to an aromatic ring is 1. The second kappa shape index (κ2) is 7.95. The van der Waals surface area contributed by atoms with Gasteiger partial charge in [0.15, 0.2) is 0 Å². The Balaban J connectivity index is 2.77. The largest absolute Gasteiger partial charge is 0.384 e. The quantitative estimate of drug-likeness (QED) is 0.557. The molecule has 0 spiro atoms. The molecule has 0 aliphatic heterocycles. The summed E-state index contributed by atoms with van der Waals surface area (Å²) in [5.74, 6) is 0.144. The van der Waals surface area contributed by atoms with Gasteiger partial charge in [-0.15, -0.1) is 0 Å². The molecule has 3 heteroatoms. The number of nitrogens with one attached hydrogen (secondary N) is 1. The Labute approximate surface area is 117 Å². The summed E-state index contributed by atoms with van der Waals surface area (Å²) in [6, 6.07) is 8.62. The molecule has 0 saturated carbocycles. The molecule has 0 amide bonds. The summed E-state index contributed by atoms with van der Waals surface area (Å²) in [5, 5.41) is 7.51. The summed E-state index contributed by atoms with van der Waals surface area (Å²) in [6.07, 6.45) is 3.62. The second-order valence-electron chi connectivity index (χ2n) is 5.20. The zero-order chi connectivity index (χ0) is 14.3. The van der Waals surface area contributed by atoms with Gasteiger partial charge in [0.2, 0.25) is 0 Å². The number of nitrogens with two attached hydrogens (primary N) is 1. The molecule has 1 atom stereocenters. The van der Waals surface area contributed by atoms with Gasteiger partial charge in [0.25, 0.3) is 0 Å². The molecule has 106 valence electrons. The standard InChI is InChI=1S/C16H27N3/c1-4-6-10-19(13(3)5-2)12-14-8-7-9-15(11-14)16(17)18/h7-9,11,13H,4-6,10,12H2,1-3H3,(H3,17,18). The molecule has 3 N–H and O–H groups in total. The molecule has 0 aliphatic rings. The molecule has 1 rings (SSSR count). The lowest BCUT2D eigenvalue weighted by molar-refractivity contribution is 0.192. The van der Waals surface area contributed by atoms with Crippen LogP contribution in [0.3, 0.4) is 0 Å². The molecular weight excluding hydrogens is 234 g/mol. The van der Waals surface area contributed by atoms with Gasteiger partial charge >= 0.3 is 0 Å². The summed E-state index contributed by atoms with van der Waals surface area (Å²) >= 11 is 0. The van der Waals surface area contributed by atoms with Gasteiger partial charge in [-0.25, -0.2) is 0 Å². The predicted octanol–water partition coefficient (Wildman–Crippen LogP) is 3.37. The highest BCUT2D eigenvalue weighted by atomic mass is 15.1. The SMILES string of the molecule is CCCCN(Cc1cccc(C(=N)N)c1)C(C)CC. The third-order valence-electron chi connectivity index (χ3n) is 3.64. The van der Waals surface area contributed by atoms with E-state index in [9.17, 15) is 0 Å². The molecule has 0 bridgehead atoms. The summed E-state index contributed by atoms with van der Waals surface area (Å²) in [7, 11) is 0. The van der Waals surface area contributed by atoms with Crippen molar-refractivity contribution in [1.82, 2.24) is 4.90 Å². The fourth-order valence-corrected chi connectivity index (χ4v) is 2.15. The van der Waals surface area contributed by atoms with Gasteiger partial charge < -0.3 is 5.73 Å². The van der Waals surface area contributed by atoms with Gasteiger partial charge in [-0.1, -0.05) is 38.5 Å². The summed E-state index contributed by atoms with van der Waals surface area (Å²) in [5.41, 5.74) is 7.61. The molecule has 0 heterocycles. The molecule has 0 aliphatic carbocycles. The molecule has 0 aromatic heterocycles. The fraction of sp³-hybridized carbons (Fsp3) is 0.562. The van der Waals surface area contributed by atoms with Crippen molar-refractivity contribution in [2.24, 2.45) is 5.73 Å². The van der Waals surface area contributed by atoms with Crippen LogP contribution in [0.5, 0.6) is 0 Å². The van der Waals surface area contributed by atoms with Crippen LogP contribution in [0.2, 0.25) is 0 Å². The van der Waals surface area contributed by atoms with Crippen LogP contribution in [0.1, 0.15) is 51.2 Å². The third kappa shape index (κ3) is 5.03. The summed E-state index contributed by atoms with van der Waals surface area (Å²) < 4.78 is 0. The maximum absolute atomic E-state index is 7.51. The number of unbranched alkanes of at least 4 members (excludes halogenated alkanes) is 1. The van der Waals surface area contributed by atoms with Gasteiger partial charge in [-0.3, -0.25) is 10.3 Å². The van der Waals surface area contributed by atoms with Crippen molar-refractivity contribution in [2.75, 3.05) is 6.54 Å². The van der Waals surface area contributed by atoms with Crippen LogP contribution in [0.25, 0.3) is 0 Å². The van der Waals surface area contributed by atoms with Crippen LogP contribution in [0.15, 0.2) is 24.3 Å². The lowest BCUT2D eigenvalue weighted by Gasteiger charge is -2.28. The van der Waals surface area contributed by atoms with E-state index in [1.807, 2.05) is 18.2 Å². The topological polar surface area (TPSA) is 53.1 Å². The number of amidine groups is 1. The minimum Gasteiger partial charge on any atom is -0.384 e. The molecule has 0 saturated heterocycles. The number of hydrogen-bond acceptors (Lipinski definition) is 2. The van der Waals surface area contributed by atoms with E-state index in [1.165, 1.54) is 18.4 Å². The van der Waals surface area contributed by atoms with Crippen molar-refractivity contribution in [2.45, 2.75) is 52.6 Å². The van der Waals surface area contributed by atoms with E-state index in [2.05, 4.69) is 31.7 Å². The summed E-state index contributed by atoms with van der Waals surface area (Å²) in [6.45, 7) is 8.82. The zero-order valence-electron chi connectivity index (χ0n) is 12.4. The number of benzene rings is 1. The lowest BCUT2D eigenvalue weighted by Crippen LogP contribution is -2.33. The predicted molar refractivity (Wildman–Crippen MR) is 82.5 cm³/mol. The number of rotatable bonds is 8. The van der Waals surface area contributed by atoms with Crippen LogP contribution in [0, 0.1) is 5.41 Å². The van der Waals surface area contributed by atoms with Crippen molar-refractivity contribution in [1.29, 1.82) is 5.41 Å². The Morgan fingerprint density at radius 1 is 1.37 bits per heavy atom. The highest BCUT2D eigenvalue weighted by Gasteiger charge is 2.12. The minimum absolute atomic E-state index is 0.144. The molecular formula is C16H27N3. The first kappa shape index (κ1) is 15.7. The maximum atomic E-state index is 7.51. The van der Waals surface area contributed by atoms with Crippen molar-refractivity contribution in [3.05, 3.63) is 35.4 Å². The molecule has 1 unspecified atom stereocenters. The molecule has 0 radical (unpaired) electrons. The van der Waals surface area contributed by atoms with Gasteiger partial charge in [0.1, 0.15) is 5.84 Å². The fourth-order valence-electron chi connectivity index (χ4n) is 2.15. The van der Waals surface area contributed by atoms with Crippen LogP contribution >= 0.6 is 0 Å². The van der Waals surface area contributed by atoms with Gasteiger partial charge in [0.05, 0.1) is 0 Å². The first-order chi connectivity index (χ1) is 9.08. The first-order valence-electron chi connectivity index (χ1n) is 7.25. The first-order valence-corrected chi connectivity index (χ1v) is 7.25. The normalized spacial score (nSPS) is 12.6. The smallest absolute Gasteiger partial charge is 0.122 e. The van der Waals surface area contributed by atoms with Crippen molar-refractivity contribution >= 4 is 5.84 Å². The van der Waals surface area contributed by atoms with E-state index >= 15 is 0 Å². The summed E-state index contributed by atoms with van der Waals surface area (Å²) in [4.78, 5) is 2.52. The average molecular weight is 261 g/mol. The maximum Gasteiger partial charge on any atom is 0.122 e. The van der Waals surface area contributed by atoms with E-state index in [0.29, 0.717) is 6.04 Å². The Kier molecular flexibility index (Phi) is 6.57. The monoisotopic (exact) mass is 261 g/mol. The van der Waals surface area contributed by atoms with Gasteiger partial charge in [-0.05, 0) is 37.9 Å². The number of nitrogens with zero attached hydrogens (tertiary/aromatic N) is 1. The molecule has 3 nitrogen and oxygen atoms in total. The Morgan fingerprint density at radius 3 is 2.68 bits per heavy atom. The highest BCUT2D eigenvalue weighted by Crippen LogP contribution is 2.13. The Hall–Kier alpha value is -1.35. The average Bonchev–Trinajstić information content (AvgIpc) is 2.42. The van der Waals surface area contributed by atoms with Crippen LogP contribution in [0.4, 0.5) is 0 Å². The van der Waals surface area contributed by atoms with Crippen molar-refractivity contribution in [3.8, 4) is 0 Å². The molecule has 1 aromatic carbocycles. The highest BCUT2D eigenvalue weighted by molar-refractivity contribution is 5.95. The van der Waals surface area contributed by atoms with E-state index in [1.54, 1.807) is 0 Å². The Bertz CT molecular complexity index is 401. The van der Waals surface area contributed by atoms with Crippen LogP contribution < -0.4 is 5.73 Å². The lowest BCUT2D eigenvalue weighted by atomic mass is 10.1. The van der Waals surface area contributed by atoms with E-state index in [-0.39, 0.29) is 5.84 Å². The van der Waals surface area contributed by atoms with Gasteiger partial charge in [-0.2, -0.15) is 0 Å². The zero-order valence-corrected chi connectivity index (χ0v) is 12.4. The van der Waals surface area contributed by atoms with Gasteiger partial charge in [0, 0.05) is 18.2 Å². The van der Waals surface area contributed by atoms with Crippen LogP contribution in [-0.2, 0) is 6.54 Å². The van der Waals surface area contributed by atoms with Crippen molar-refractivity contribution in [3.63, 3.8) is 0 Å². The molecule has 1 aromatic rings. The van der Waals surface area contributed by atoms with E-state index in [0.717, 1.165) is 25.1 Å². The van der Waals surface area contributed by atoms with E-state index in [4.69, 9.17) is 11.1 Å². The Morgan fingerprint density at radius 2 is 2.11 bits per heavy atom. The second-order valence-corrected chi connectivity index (χ2v) is 5.20. The van der Waals surface area contributed by atoms with E-state index < -0.39 is 0 Å². The molecule has 19 heavy (non-hydrogen) atoms. The number of hydrogen-bond donors (Lipinski definition) is 2. The van der Waals surface area contributed by atoms with Crippen molar-refractivity contribution < 1.29 is 0 Å². The minimum atomic E-state index is 0.144. The molecule has 0 fully saturated rings.